The summed E-state index contributed by atoms with van der Waals surface area (Å²) >= 11 is 0. The summed E-state index contributed by atoms with van der Waals surface area (Å²) in [5, 5.41) is 28.2. The summed E-state index contributed by atoms with van der Waals surface area (Å²) in [6, 6.07) is 2.70. The Labute approximate surface area is 523 Å². The van der Waals surface area contributed by atoms with Crippen molar-refractivity contribution in [3.8, 4) is 0 Å². The number of carbonyl (C=O) groups excluding carboxylic acids is 7. The second kappa shape index (κ2) is 25.6. The van der Waals surface area contributed by atoms with Crippen molar-refractivity contribution < 1.29 is 67.0 Å². The number of nitrogens with one attached hydrogen (secondary N) is 2. The molecule has 0 aliphatic carbocycles. The van der Waals surface area contributed by atoms with E-state index in [4.69, 9.17) is 63.2 Å². The Morgan fingerprint density at radius 1 is 0.800 bits per heavy atom. The van der Waals surface area contributed by atoms with E-state index in [2.05, 4.69) is 15.6 Å². The normalized spacial score (nSPS) is 32.8. The molecule has 1 aromatic heterocycles. The number of imidazole rings is 1. The molecule has 1 aromatic carbocycles. The largest absolute Gasteiger partial charge is 0.472 e. The number of hydrogen-bond donors (Lipinski definition) is 11. The molecule has 8 bridgehead atoms. The molecule has 0 spiro atoms. The van der Waals surface area contributed by atoms with E-state index in [9.17, 15) is 53.2 Å². The third-order valence-corrected chi connectivity index (χ3v) is 21.7. The van der Waals surface area contributed by atoms with Gasteiger partial charge in [0.1, 0.15) is 18.3 Å². The van der Waals surface area contributed by atoms with Gasteiger partial charge in [0.25, 0.3) is 0 Å². The predicted molar refractivity (Wildman–Crippen MR) is 334 cm³/mol. The Hall–Kier alpha value is -7.00. The maximum Gasteiger partial charge on any atom is 0.472 e. The zero-order valence-corrected chi connectivity index (χ0v) is 54.1. The number of ether oxygens (including phenoxy) is 1. The highest BCUT2D eigenvalue weighted by Gasteiger charge is 2.66. The summed E-state index contributed by atoms with van der Waals surface area (Å²) < 4.78 is 32.3. The molecule has 2 fully saturated rings. The Morgan fingerprint density at radius 3 is 1.99 bits per heavy atom. The van der Waals surface area contributed by atoms with Gasteiger partial charge in [-0.25, -0.2) is 9.55 Å². The molecule has 28 heteroatoms. The third-order valence-electron chi connectivity index (χ3n) is 20.6. The first-order valence-corrected chi connectivity index (χ1v) is 32.1. The number of benzene rings is 1. The Kier molecular flexibility index (Phi) is 19.6. The van der Waals surface area contributed by atoms with Crippen LogP contribution in [0.1, 0.15) is 150 Å². The van der Waals surface area contributed by atoms with Gasteiger partial charge in [-0.1, -0.05) is 34.6 Å². The molecule has 90 heavy (non-hydrogen) atoms. The number of nitrogens with two attached hydrogens (primary N) is 6. The van der Waals surface area contributed by atoms with E-state index in [-0.39, 0.29) is 77.2 Å². The fraction of sp³-hybridized carbons (Fsp3) is 0.629. The molecule has 0 saturated carbocycles. The van der Waals surface area contributed by atoms with Crippen LogP contribution in [0.3, 0.4) is 0 Å². The van der Waals surface area contributed by atoms with Gasteiger partial charge in [0, 0.05) is 131 Å². The fourth-order valence-corrected chi connectivity index (χ4v) is 16.6. The number of amides is 7. The number of rotatable bonds is 26. The number of hydrogen-bond acceptors (Lipinski definition) is 18. The molecule has 17 N–H and O–H groups in total. The summed E-state index contributed by atoms with van der Waals surface area (Å²) in [6.45, 7) is 19.3. The number of primary amides is 6. The number of carbonyl (C=O) groups is 7. The molecule has 2 aromatic rings. The molecular formula is C62H90N13O14P. The average molecular weight is 1270 g/mol. The van der Waals surface area contributed by atoms with Crippen LogP contribution >= 0.6 is 7.82 Å². The molecule has 8 rings (SSSR count). The zero-order chi connectivity index (χ0) is 66.7. The SMILES string of the molecule is CC1=C2N=C(C=C3N/C(=C(/C)C4=N[C@@](C)(C5N=C1[C@](C)(CCC(=O)NCC(C)OP(=O)(O)OC1C(O)[C@@H](n6cnc7cc(C)c(C)cc76)O[C@@H]1CO)[C@H]5CC(N)=O)[C@@](C)(CC(N)=O)[C@@H]4CCC(N)=O)[C@@](C)(CC(N)=O)[C@@H]3CCC(N)=O)C(C)(C)[C@@H]2CCC(N)=O. The number of allylic oxidation sites excluding steroid dienone is 6. The van der Waals surface area contributed by atoms with Crippen molar-refractivity contribution in [3.63, 3.8) is 0 Å². The second-order valence-corrected chi connectivity index (χ2v) is 28.4. The van der Waals surface area contributed by atoms with Gasteiger partial charge in [-0.3, -0.25) is 57.6 Å². The number of aromatic nitrogens is 2. The van der Waals surface area contributed by atoms with Crippen molar-refractivity contribution in [1.29, 1.82) is 0 Å². The minimum Gasteiger partial charge on any atom is -0.394 e. The molecule has 7 amide bonds. The van der Waals surface area contributed by atoms with E-state index >= 15 is 0 Å². The highest BCUT2D eigenvalue weighted by molar-refractivity contribution is 7.47. The number of fused-ring (bicyclic) bond motifs is 7. The highest BCUT2D eigenvalue weighted by Crippen LogP contribution is 2.63. The lowest BCUT2D eigenvalue weighted by Crippen LogP contribution is -2.56. The van der Waals surface area contributed by atoms with Gasteiger partial charge in [0.2, 0.25) is 41.4 Å². The quantitative estimate of drug-likeness (QED) is 0.0603. The smallest absolute Gasteiger partial charge is 0.394 e. The highest BCUT2D eigenvalue weighted by atomic mass is 31.2. The monoisotopic (exact) mass is 1270 g/mol. The van der Waals surface area contributed by atoms with Crippen molar-refractivity contribution in [2.45, 2.75) is 189 Å². The van der Waals surface area contributed by atoms with Gasteiger partial charge in [0.05, 0.1) is 41.7 Å². The van der Waals surface area contributed by atoms with Crippen LogP contribution in [0.2, 0.25) is 0 Å². The molecule has 492 valence electrons. The third kappa shape index (κ3) is 13.0. The number of aliphatic hydroxyl groups is 2. The maximum atomic E-state index is 14.4. The van der Waals surface area contributed by atoms with Crippen molar-refractivity contribution in [2.24, 2.45) is 94.7 Å². The number of aliphatic hydroxyl groups excluding tert-OH is 2. The van der Waals surface area contributed by atoms with Crippen molar-refractivity contribution in [1.82, 2.24) is 20.2 Å². The van der Waals surface area contributed by atoms with Crippen molar-refractivity contribution >= 4 is 77.3 Å². The number of aliphatic imine (C=N–C) groups is 3. The van der Waals surface area contributed by atoms with Gasteiger partial charge in [-0.15, -0.1) is 0 Å². The van der Waals surface area contributed by atoms with E-state index < -0.39 is 143 Å². The Bertz CT molecular complexity index is 3540. The topological polar surface area (TPSA) is 460 Å². The first kappa shape index (κ1) is 68.9. The van der Waals surface area contributed by atoms with Crippen LogP contribution in [0.5, 0.6) is 0 Å². The van der Waals surface area contributed by atoms with Crippen molar-refractivity contribution in [3.05, 3.63) is 63.9 Å². The number of phosphoric ester groups is 1. The lowest BCUT2D eigenvalue weighted by molar-refractivity contribution is -0.124. The average Bonchev–Trinajstić information content (AvgIpc) is 1.53. The van der Waals surface area contributed by atoms with Crippen LogP contribution in [0.4, 0.5) is 0 Å². The van der Waals surface area contributed by atoms with Crippen LogP contribution in [0.15, 0.2) is 67.8 Å². The lowest BCUT2D eigenvalue weighted by atomic mass is 9.55. The minimum absolute atomic E-state index is 0.0114. The molecule has 7 heterocycles. The van der Waals surface area contributed by atoms with Gasteiger partial charge >= 0.3 is 7.82 Å². The van der Waals surface area contributed by atoms with E-state index in [1.54, 1.807) is 4.57 Å². The molecule has 6 aliphatic rings. The van der Waals surface area contributed by atoms with Crippen LogP contribution in [0.25, 0.3) is 11.0 Å². The van der Waals surface area contributed by atoms with E-state index in [0.29, 0.717) is 56.4 Å². The summed E-state index contributed by atoms with van der Waals surface area (Å²) in [5.41, 5.74) is 37.4. The molecular weight excluding hydrogens is 1180 g/mol. The van der Waals surface area contributed by atoms with Gasteiger partial charge in [-0.2, -0.15) is 0 Å². The van der Waals surface area contributed by atoms with Gasteiger partial charge in [-0.05, 0) is 108 Å². The van der Waals surface area contributed by atoms with E-state index in [1.165, 1.54) is 13.3 Å². The van der Waals surface area contributed by atoms with E-state index in [0.717, 1.165) is 11.1 Å². The number of nitrogens with zero attached hydrogens (tertiary/aromatic N) is 5. The van der Waals surface area contributed by atoms with Gasteiger partial charge < -0.3 is 69.4 Å². The number of aryl methyl sites for hydroxylation is 2. The minimum atomic E-state index is -5.07. The molecule has 6 aliphatic heterocycles. The molecule has 0 radical (unpaired) electrons. The first-order valence-electron chi connectivity index (χ1n) is 30.6. The molecule has 5 unspecified atom stereocenters. The van der Waals surface area contributed by atoms with Crippen LogP contribution in [0, 0.1) is 59.2 Å². The van der Waals surface area contributed by atoms with Crippen molar-refractivity contribution in [2.75, 3.05) is 13.2 Å². The first-order chi connectivity index (χ1) is 41.8. The van der Waals surface area contributed by atoms with Crippen LogP contribution < -0.4 is 45.0 Å². The Balaban J connectivity index is 1.19. The van der Waals surface area contributed by atoms with Gasteiger partial charge in [0.15, 0.2) is 6.23 Å². The predicted octanol–water partition coefficient (Wildman–Crippen LogP) is 3.16. The molecule has 15 atom stereocenters. The molecule has 2 saturated heterocycles. The summed E-state index contributed by atoms with van der Waals surface area (Å²) in [5.74, 6) is -7.18. The fourth-order valence-electron chi connectivity index (χ4n) is 15.4. The lowest BCUT2D eigenvalue weighted by Gasteiger charge is -2.48. The summed E-state index contributed by atoms with van der Waals surface area (Å²) in [7, 11) is -5.07. The van der Waals surface area contributed by atoms with E-state index in [1.807, 2.05) is 87.4 Å². The molecule has 27 nitrogen and oxygen atoms in total. The van der Waals surface area contributed by atoms with Crippen LogP contribution in [-0.2, 0) is 51.9 Å². The number of phosphoric acid groups is 1. The standard InChI is InChI=1S/C62H90N13O14P/c1-29-20-39-40(21-30(29)2)75(28-70-39)57-52(84)53(41(27-76)87-57)89-90(85,86)88-31(3)26-69-49(83)18-19-59(8)37(22-46(66)80)56-62(11)61(10,25-48(68)82)36(14-17-45(65)79)51(74-62)33(5)55-60(9,24-47(67)81)34(12-15-43(63)77)38(71-55)23-42-58(6,7)35(13-16-44(64)78)50(72-42)32(4)54(59)73-56/h20-21,23,28,31,34-37,41,52-53,56-57,71,76,84H,12-19,22,24-27H2,1-11H3,(H2,63,77)(H2,64,78)(H2,65,79)(H2,66,80)(H2,67,81)(H2,68,82)(H,69,83)(H,85,86)/b38-23?,50-32?,55-33-/t31?,34-,35-,36-,37+,41-,52?,53?,56?,57+,59-,60+,61+,62+/m1/s1. The Morgan fingerprint density at radius 2 is 1.40 bits per heavy atom. The van der Waals surface area contributed by atoms with Crippen LogP contribution in [-0.4, -0.2) is 132 Å². The summed E-state index contributed by atoms with van der Waals surface area (Å²) in [4.78, 5) is 126. The zero-order valence-electron chi connectivity index (χ0n) is 53.3. The second-order valence-electron chi connectivity index (χ2n) is 27.1. The maximum absolute atomic E-state index is 14.4. The summed E-state index contributed by atoms with van der Waals surface area (Å²) in [6.07, 6.45) is -4.26.